The minimum absolute atomic E-state index is 0.345. The summed E-state index contributed by atoms with van der Waals surface area (Å²) in [5.41, 5.74) is 0.708. The van der Waals surface area contributed by atoms with Gasteiger partial charge in [-0.3, -0.25) is 9.59 Å². The number of benzene rings is 1. The fraction of sp³-hybridized carbons (Fsp3) is 0.333. The molecule has 5 heteroatoms. The fourth-order valence-electron chi connectivity index (χ4n) is 1.93. The number of aliphatic carboxylic acids is 1. The number of methoxy groups -OCH3 is 1. The Bertz CT molecular complexity index is 440. The van der Waals surface area contributed by atoms with Gasteiger partial charge < -0.3 is 14.7 Å². The molecule has 5 nitrogen and oxygen atoms in total. The minimum Gasteiger partial charge on any atom is -0.497 e. The van der Waals surface area contributed by atoms with Gasteiger partial charge in [0.05, 0.1) is 7.11 Å². The van der Waals surface area contributed by atoms with E-state index in [1.165, 1.54) is 4.90 Å². The third-order valence-electron chi connectivity index (χ3n) is 2.89. The lowest BCUT2D eigenvalue weighted by Gasteiger charge is -2.16. The fourth-order valence-corrected chi connectivity index (χ4v) is 1.93. The van der Waals surface area contributed by atoms with Crippen LogP contribution in [0.15, 0.2) is 24.3 Å². The highest BCUT2D eigenvalue weighted by molar-refractivity contribution is 6.07. The first-order valence-electron chi connectivity index (χ1n) is 5.31. The summed E-state index contributed by atoms with van der Waals surface area (Å²) in [7, 11) is 1.57. The Labute approximate surface area is 98.6 Å². The molecular weight excluding hydrogens is 222 g/mol. The maximum absolute atomic E-state index is 11.8. The Balaban J connectivity index is 2.18. The Morgan fingerprint density at radius 2 is 2.06 bits per heavy atom. The van der Waals surface area contributed by atoms with Crippen molar-refractivity contribution in [2.45, 2.75) is 6.42 Å². The number of ether oxygens (including phenoxy) is 1. The van der Waals surface area contributed by atoms with Crippen LogP contribution in [-0.4, -0.2) is 30.6 Å². The maximum Gasteiger partial charge on any atom is 0.316 e. The molecule has 1 atom stereocenters. The number of carbonyl (C=O) groups is 2. The van der Waals surface area contributed by atoms with Crippen LogP contribution in [0.4, 0.5) is 5.69 Å². The lowest BCUT2D eigenvalue weighted by molar-refractivity contribution is -0.144. The van der Waals surface area contributed by atoms with Crippen molar-refractivity contribution in [1.29, 1.82) is 0 Å². The molecule has 0 radical (unpaired) electrons. The number of carboxylic acids is 1. The lowest BCUT2D eigenvalue weighted by Crippen LogP contribution is -2.29. The Hall–Kier alpha value is -2.04. The molecule has 1 fully saturated rings. The van der Waals surface area contributed by atoms with E-state index in [1.54, 1.807) is 31.4 Å². The van der Waals surface area contributed by atoms with Gasteiger partial charge in [0, 0.05) is 12.2 Å². The normalized spacial score (nSPS) is 19.5. The van der Waals surface area contributed by atoms with Crippen molar-refractivity contribution in [1.82, 2.24) is 0 Å². The number of rotatable bonds is 3. The molecule has 0 bridgehead atoms. The average Bonchev–Trinajstić information content (AvgIpc) is 2.71. The zero-order valence-corrected chi connectivity index (χ0v) is 9.42. The van der Waals surface area contributed by atoms with Crippen LogP contribution in [0.1, 0.15) is 6.42 Å². The molecule has 1 N–H and O–H groups in total. The van der Waals surface area contributed by atoms with E-state index in [-0.39, 0.29) is 5.91 Å². The standard InChI is InChI=1S/C12H13NO4/c1-17-9-4-2-8(3-5-9)13-7-6-10(11(13)14)12(15)16/h2-5,10H,6-7H2,1H3,(H,15,16). The molecule has 1 unspecified atom stereocenters. The maximum atomic E-state index is 11.8. The van der Waals surface area contributed by atoms with Gasteiger partial charge in [-0.15, -0.1) is 0 Å². The van der Waals surface area contributed by atoms with Crippen LogP contribution in [0.3, 0.4) is 0 Å². The van der Waals surface area contributed by atoms with E-state index in [1.807, 2.05) is 0 Å². The van der Waals surface area contributed by atoms with Crippen LogP contribution >= 0.6 is 0 Å². The second-order valence-electron chi connectivity index (χ2n) is 3.87. The zero-order chi connectivity index (χ0) is 12.4. The average molecular weight is 235 g/mol. The topological polar surface area (TPSA) is 66.8 Å². The zero-order valence-electron chi connectivity index (χ0n) is 9.42. The number of hydrogen-bond acceptors (Lipinski definition) is 3. The van der Waals surface area contributed by atoms with Gasteiger partial charge in [0.2, 0.25) is 5.91 Å². The van der Waals surface area contributed by atoms with Gasteiger partial charge in [0.25, 0.3) is 0 Å². The van der Waals surface area contributed by atoms with Crippen molar-refractivity contribution >= 4 is 17.6 Å². The third kappa shape index (κ3) is 2.08. The first-order chi connectivity index (χ1) is 8.13. The smallest absolute Gasteiger partial charge is 0.316 e. The van der Waals surface area contributed by atoms with Crippen LogP contribution in [-0.2, 0) is 9.59 Å². The lowest BCUT2D eigenvalue weighted by atomic mass is 10.1. The van der Waals surface area contributed by atoms with Crippen LogP contribution < -0.4 is 9.64 Å². The van der Waals surface area contributed by atoms with E-state index in [4.69, 9.17) is 9.84 Å². The summed E-state index contributed by atoms with van der Waals surface area (Å²) in [5.74, 6) is -1.60. The molecule has 0 aliphatic carbocycles. The monoisotopic (exact) mass is 235 g/mol. The molecule has 1 saturated heterocycles. The second-order valence-corrected chi connectivity index (χ2v) is 3.87. The van der Waals surface area contributed by atoms with Crippen molar-refractivity contribution in [3.63, 3.8) is 0 Å². The molecule has 1 aliphatic heterocycles. The highest BCUT2D eigenvalue weighted by atomic mass is 16.5. The molecule has 90 valence electrons. The summed E-state index contributed by atoms with van der Waals surface area (Å²) < 4.78 is 5.02. The number of carbonyl (C=O) groups excluding carboxylic acids is 1. The van der Waals surface area contributed by atoms with E-state index < -0.39 is 11.9 Å². The molecule has 1 amide bonds. The van der Waals surface area contributed by atoms with Crippen LogP contribution in [0.2, 0.25) is 0 Å². The van der Waals surface area contributed by atoms with Crippen molar-refractivity contribution in [3.8, 4) is 5.75 Å². The molecule has 1 aromatic rings. The van der Waals surface area contributed by atoms with Crippen LogP contribution in [0, 0.1) is 5.92 Å². The molecule has 1 heterocycles. The molecular formula is C12H13NO4. The van der Waals surface area contributed by atoms with Gasteiger partial charge in [-0.1, -0.05) is 0 Å². The van der Waals surface area contributed by atoms with E-state index in [0.717, 1.165) is 0 Å². The van der Waals surface area contributed by atoms with Crippen LogP contribution in [0.5, 0.6) is 5.75 Å². The summed E-state index contributed by atoms with van der Waals surface area (Å²) in [5, 5.41) is 8.86. The van der Waals surface area contributed by atoms with Crippen molar-refractivity contribution in [2.24, 2.45) is 5.92 Å². The van der Waals surface area contributed by atoms with Crippen molar-refractivity contribution in [3.05, 3.63) is 24.3 Å². The highest BCUT2D eigenvalue weighted by Crippen LogP contribution is 2.26. The Kier molecular flexibility index (Phi) is 2.99. The summed E-state index contributed by atoms with van der Waals surface area (Å²) in [6.07, 6.45) is 0.361. The second kappa shape index (κ2) is 4.45. The number of hydrogen-bond donors (Lipinski definition) is 1. The van der Waals surface area contributed by atoms with Gasteiger partial charge in [-0.2, -0.15) is 0 Å². The summed E-state index contributed by atoms with van der Waals surface area (Å²) in [6.45, 7) is 0.447. The summed E-state index contributed by atoms with van der Waals surface area (Å²) in [6, 6.07) is 7.00. The van der Waals surface area contributed by atoms with Gasteiger partial charge in [0.15, 0.2) is 0 Å². The van der Waals surface area contributed by atoms with E-state index >= 15 is 0 Å². The Morgan fingerprint density at radius 1 is 1.41 bits per heavy atom. The van der Waals surface area contributed by atoms with E-state index in [0.29, 0.717) is 24.4 Å². The van der Waals surface area contributed by atoms with Gasteiger partial charge >= 0.3 is 5.97 Å². The Morgan fingerprint density at radius 3 is 2.53 bits per heavy atom. The van der Waals surface area contributed by atoms with Crippen LogP contribution in [0.25, 0.3) is 0 Å². The SMILES string of the molecule is COc1ccc(N2CCC(C(=O)O)C2=O)cc1. The van der Waals surface area contributed by atoms with Crippen molar-refractivity contribution < 1.29 is 19.4 Å². The van der Waals surface area contributed by atoms with E-state index in [9.17, 15) is 9.59 Å². The summed E-state index contributed by atoms with van der Waals surface area (Å²) in [4.78, 5) is 24.1. The first kappa shape index (κ1) is 11.4. The molecule has 17 heavy (non-hydrogen) atoms. The van der Waals surface area contributed by atoms with Gasteiger partial charge in [0.1, 0.15) is 11.7 Å². The molecule has 2 rings (SSSR count). The minimum atomic E-state index is -1.05. The predicted molar refractivity (Wildman–Crippen MR) is 61.1 cm³/mol. The highest BCUT2D eigenvalue weighted by Gasteiger charge is 2.37. The van der Waals surface area contributed by atoms with Gasteiger partial charge in [-0.25, -0.2) is 0 Å². The van der Waals surface area contributed by atoms with Crippen molar-refractivity contribution in [2.75, 3.05) is 18.6 Å². The number of anilines is 1. The number of carboxylic acid groups (broad SMARTS) is 1. The quantitative estimate of drug-likeness (QED) is 0.797. The third-order valence-corrected chi connectivity index (χ3v) is 2.89. The molecule has 1 aromatic carbocycles. The first-order valence-corrected chi connectivity index (χ1v) is 5.31. The van der Waals surface area contributed by atoms with E-state index in [2.05, 4.69) is 0 Å². The predicted octanol–water partition coefficient (Wildman–Crippen LogP) is 1.13. The molecule has 0 aromatic heterocycles. The largest absolute Gasteiger partial charge is 0.497 e. The summed E-state index contributed by atoms with van der Waals surface area (Å²) >= 11 is 0. The number of amides is 1. The molecule has 0 saturated carbocycles. The molecule has 1 aliphatic rings. The van der Waals surface area contributed by atoms with Gasteiger partial charge in [-0.05, 0) is 30.7 Å². The molecule has 0 spiro atoms. The number of nitrogens with zero attached hydrogens (tertiary/aromatic N) is 1.